The molecule has 1 aromatic rings. The van der Waals surface area contributed by atoms with Crippen molar-refractivity contribution in [2.24, 2.45) is 10.7 Å². The minimum Gasteiger partial charge on any atom is -0.351 e. The van der Waals surface area contributed by atoms with Crippen molar-refractivity contribution in [1.29, 1.82) is 0 Å². The van der Waals surface area contributed by atoms with Gasteiger partial charge in [-0.1, -0.05) is 6.07 Å². The van der Waals surface area contributed by atoms with Gasteiger partial charge in [-0.05, 0) is 24.6 Å². The van der Waals surface area contributed by atoms with Crippen molar-refractivity contribution in [1.82, 2.24) is 5.32 Å². The average molecular weight is 234 g/mol. The minimum atomic E-state index is -0.958. The molecule has 7 heteroatoms. The van der Waals surface area contributed by atoms with Gasteiger partial charge in [0.15, 0.2) is 0 Å². The number of nitrogens with one attached hydrogen (secondary N) is 2. The highest BCUT2D eigenvalue weighted by Gasteiger charge is 2.05. The van der Waals surface area contributed by atoms with Gasteiger partial charge in [0.1, 0.15) is 0 Å². The molecule has 1 rings (SSSR count). The van der Waals surface area contributed by atoms with Gasteiger partial charge in [0.2, 0.25) is 6.08 Å². The number of amides is 4. The van der Waals surface area contributed by atoms with E-state index in [0.717, 1.165) is 5.56 Å². The predicted molar refractivity (Wildman–Crippen MR) is 60.7 cm³/mol. The Hall–Kier alpha value is -2.66. The number of hydrogen-bond donors (Lipinski definition) is 3. The number of primary amides is 1. The van der Waals surface area contributed by atoms with Crippen LogP contribution in [0.4, 0.5) is 21.0 Å². The lowest BCUT2D eigenvalue weighted by Crippen LogP contribution is -2.38. The lowest BCUT2D eigenvalue weighted by Gasteiger charge is -2.06. The van der Waals surface area contributed by atoms with Gasteiger partial charge >= 0.3 is 12.1 Å². The Morgan fingerprint density at radius 3 is 2.71 bits per heavy atom. The van der Waals surface area contributed by atoms with Crippen molar-refractivity contribution < 1.29 is 14.4 Å². The maximum Gasteiger partial charge on any atom is 0.327 e. The molecule has 17 heavy (non-hydrogen) atoms. The van der Waals surface area contributed by atoms with E-state index in [1.807, 2.05) is 5.32 Å². The predicted octanol–water partition coefficient (Wildman–Crippen LogP) is 1.16. The van der Waals surface area contributed by atoms with Crippen LogP contribution >= 0.6 is 0 Å². The normalized spacial score (nSPS) is 9.00. The third-order valence-corrected chi connectivity index (χ3v) is 1.87. The largest absolute Gasteiger partial charge is 0.351 e. The summed E-state index contributed by atoms with van der Waals surface area (Å²) in [5.41, 5.74) is 6.29. The summed E-state index contributed by atoms with van der Waals surface area (Å²) in [6.45, 7) is 1.75. The molecule has 0 bridgehead atoms. The lowest BCUT2D eigenvalue weighted by molar-refractivity contribution is 0.238. The molecule has 1 aromatic carbocycles. The monoisotopic (exact) mass is 234 g/mol. The van der Waals surface area contributed by atoms with Crippen LogP contribution in [0.15, 0.2) is 23.2 Å². The Kier molecular flexibility index (Phi) is 3.96. The Balaban J connectivity index is 2.85. The van der Waals surface area contributed by atoms with Crippen molar-refractivity contribution in [2.45, 2.75) is 6.92 Å². The number of aliphatic imine (C=N–C) groups is 1. The van der Waals surface area contributed by atoms with Crippen LogP contribution in [-0.4, -0.2) is 18.1 Å². The van der Waals surface area contributed by atoms with Gasteiger partial charge in [0, 0.05) is 5.69 Å². The molecular formula is C10H10N4O3. The molecule has 0 aliphatic heterocycles. The van der Waals surface area contributed by atoms with E-state index in [1.165, 1.54) is 12.1 Å². The molecule has 0 aromatic heterocycles. The highest BCUT2D eigenvalue weighted by Crippen LogP contribution is 2.22. The Bertz CT molecular complexity index is 506. The van der Waals surface area contributed by atoms with Crippen molar-refractivity contribution in [3.8, 4) is 0 Å². The van der Waals surface area contributed by atoms with Gasteiger partial charge in [-0.2, -0.15) is 4.99 Å². The van der Waals surface area contributed by atoms with Crippen LogP contribution in [0.1, 0.15) is 5.56 Å². The molecular weight excluding hydrogens is 224 g/mol. The number of isocyanates is 1. The maximum absolute atomic E-state index is 11.1. The lowest BCUT2D eigenvalue weighted by atomic mass is 10.2. The molecule has 0 heterocycles. The topological polar surface area (TPSA) is 114 Å². The van der Waals surface area contributed by atoms with E-state index >= 15 is 0 Å². The summed E-state index contributed by atoms with van der Waals surface area (Å²) in [7, 11) is 0. The molecule has 0 radical (unpaired) electrons. The van der Waals surface area contributed by atoms with Gasteiger partial charge < -0.3 is 11.1 Å². The zero-order chi connectivity index (χ0) is 12.8. The molecule has 0 saturated heterocycles. The van der Waals surface area contributed by atoms with E-state index in [2.05, 4.69) is 10.3 Å². The first kappa shape index (κ1) is 12.4. The smallest absolute Gasteiger partial charge is 0.327 e. The number of nitrogens with zero attached hydrogens (tertiary/aromatic N) is 1. The molecule has 0 spiro atoms. The third-order valence-electron chi connectivity index (χ3n) is 1.87. The van der Waals surface area contributed by atoms with Crippen LogP contribution in [0.3, 0.4) is 0 Å². The maximum atomic E-state index is 11.1. The summed E-state index contributed by atoms with van der Waals surface area (Å²) in [5.74, 6) is 0. The fourth-order valence-corrected chi connectivity index (χ4v) is 1.13. The minimum absolute atomic E-state index is 0.378. The van der Waals surface area contributed by atoms with E-state index in [4.69, 9.17) is 5.73 Å². The van der Waals surface area contributed by atoms with E-state index in [0.29, 0.717) is 11.4 Å². The first-order valence-corrected chi connectivity index (χ1v) is 4.59. The van der Waals surface area contributed by atoms with Gasteiger partial charge in [0.05, 0.1) is 5.69 Å². The average Bonchev–Trinajstić information content (AvgIpc) is 2.22. The number of anilines is 1. The van der Waals surface area contributed by atoms with Crippen LogP contribution in [0.25, 0.3) is 0 Å². The zero-order valence-electron chi connectivity index (χ0n) is 8.98. The first-order valence-electron chi connectivity index (χ1n) is 4.59. The van der Waals surface area contributed by atoms with E-state index in [9.17, 15) is 14.4 Å². The summed E-state index contributed by atoms with van der Waals surface area (Å²) in [4.78, 5) is 35.2. The molecule has 4 amide bonds. The summed E-state index contributed by atoms with van der Waals surface area (Å²) in [6.07, 6.45) is 1.41. The summed E-state index contributed by atoms with van der Waals surface area (Å²) < 4.78 is 0. The fraction of sp³-hybridized carbons (Fsp3) is 0.100. The van der Waals surface area contributed by atoms with Gasteiger partial charge in [-0.25, -0.2) is 14.4 Å². The number of carbonyl (C=O) groups excluding carboxylic acids is 3. The Labute approximate surface area is 96.7 Å². The number of benzene rings is 1. The van der Waals surface area contributed by atoms with Gasteiger partial charge in [0.25, 0.3) is 0 Å². The quantitative estimate of drug-likeness (QED) is 0.527. The van der Waals surface area contributed by atoms with Crippen LogP contribution < -0.4 is 16.4 Å². The Morgan fingerprint density at radius 1 is 1.41 bits per heavy atom. The summed E-state index contributed by atoms with van der Waals surface area (Å²) in [5, 5.41) is 4.20. The van der Waals surface area contributed by atoms with Crippen LogP contribution in [0, 0.1) is 6.92 Å². The number of rotatable bonds is 2. The Morgan fingerprint density at radius 2 is 2.12 bits per heavy atom. The molecule has 0 unspecified atom stereocenters. The number of aryl methyl sites for hydroxylation is 1. The van der Waals surface area contributed by atoms with Crippen molar-refractivity contribution in [3.63, 3.8) is 0 Å². The SMILES string of the molecule is Cc1ccc(NC(=O)NC(N)=O)cc1N=C=O. The molecule has 7 nitrogen and oxygen atoms in total. The van der Waals surface area contributed by atoms with E-state index < -0.39 is 12.1 Å². The second-order valence-electron chi connectivity index (χ2n) is 3.15. The standard InChI is InChI=1S/C10H10N4O3/c1-6-2-3-7(4-8(6)12-5-15)13-10(17)14-9(11)16/h2-4H,1H3,(H4,11,13,14,16,17). The second kappa shape index (κ2) is 5.43. The first-order chi connectivity index (χ1) is 8.02. The highest BCUT2D eigenvalue weighted by atomic mass is 16.2. The van der Waals surface area contributed by atoms with Crippen LogP contribution in [-0.2, 0) is 4.79 Å². The molecule has 88 valence electrons. The number of carbonyl (C=O) groups is 2. The third kappa shape index (κ3) is 3.77. The van der Waals surface area contributed by atoms with E-state index in [1.54, 1.807) is 19.1 Å². The molecule has 0 fully saturated rings. The summed E-state index contributed by atoms with van der Waals surface area (Å²) >= 11 is 0. The number of urea groups is 2. The van der Waals surface area contributed by atoms with Gasteiger partial charge in [-0.15, -0.1) is 0 Å². The van der Waals surface area contributed by atoms with Crippen LogP contribution in [0.2, 0.25) is 0 Å². The summed E-state index contributed by atoms with van der Waals surface area (Å²) in [6, 6.07) is 3.01. The number of nitrogens with two attached hydrogens (primary N) is 1. The van der Waals surface area contributed by atoms with Crippen molar-refractivity contribution >= 4 is 29.5 Å². The molecule has 0 atom stereocenters. The number of hydrogen-bond acceptors (Lipinski definition) is 4. The molecule has 0 saturated carbocycles. The molecule has 4 N–H and O–H groups in total. The van der Waals surface area contributed by atoms with Crippen LogP contribution in [0.5, 0.6) is 0 Å². The highest BCUT2D eigenvalue weighted by molar-refractivity contribution is 6.00. The molecule has 0 aliphatic rings. The van der Waals surface area contributed by atoms with Crippen molar-refractivity contribution in [2.75, 3.05) is 5.32 Å². The molecule has 0 aliphatic carbocycles. The van der Waals surface area contributed by atoms with Crippen molar-refractivity contribution in [3.05, 3.63) is 23.8 Å². The fourth-order valence-electron chi connectivity index (χ4n) is 1.13. The van der Waals surface area contributed by atoms with E-state index in [-0.39, 0.29) is 0 Å². The second-order valence-corrected chi connectivity index (χ2v) is 3.15. The van der Waals surface area contributed by atoms with Gasteiger partial charge in [-0.3, -0.25) is 5.32 Å². The number of imide groups is 1. The zero-order valence-corrected chi connectivity index (χ0v) is 8.98.